The zero-order chi connectivity index (χ0) is 18.1. The summed E-state index contributed by atoms with van der Waals surface area (Å²) >= 11 is 1.59. The molecule has 1 amide bonds. The van der Waals surface area contributed by atoms with Gasteiger partial charge in [0, 0.05) is 17.3 Å². The Hall–Kier alpha value is -2.54. The molecule has 0 radical (unpaired) electrons. The van der Waals surface area contributed by atoms with Crippen molar-refractivity contribution in [2.45, 2.75) is 38.1 Å². The van der Waals surface area contributed by atoms with Crippen LogP contribution in [0.25, 0.3) is 5.69 Å². The average Bonchev–Trinajstić information content (AvgIpc) is 3.35. The highest BCUT2D eigenvalue weighted by Gasteiger charge is 2.40. The quantitative estimate of drug-likeness (QED) is 0.756. The summed E-state index contributed by atoms with van der Waals surface area (Å²) in [4.78, 5) is 17.4. The maximum absolute atomic E-state index is 13.4. The summed E-state index contributed by atoms with van der Waals surface area (Å²) in [6, 6.07) is 7.76. The molecule has 1 N–H and O–H groups in total. The fourth-order valence-electron chi connectivity index (χ4n) is 3.43. The summed E-state index contributed by atoms with van der Waals surface area (Å²) in [6.45, 7) is 1.96. The summed E-state index contributed by atoms with van der Waals surface area (Å²) in [6.07, 6.45) is 5.57. The van der Waals surface area contributed by atoms with Crippen molar-refractivity contribution >= 4 is 17.2 Å². The highest BCUT2D eigenvalue weighted by molar-refractivity contribution is 7.09. The number of thiazole rings is 1. The van der Waals surface area contributed by atoms with Gasteiger partial charge in [-0.1, -0.05) is 18.9 Å². The van der Waals surface area contributed by atoms with Crippen molar-refractivity contribution in [1.29, 1.82) is 0 Å². The zero-order valence-corrected chi connectivity index (χ0v) is 15.2. The summed E-state index contributed by atoms with van der Waals surface area (Å²) in [5.74, 6) is -0.567. The van der Waals surface area contributed by atoms with E-state index in [2.05, 4.69) is 15.4 Å². The van der Waals surface area contributed by atoms with Gasteiger partial charge in [0.25, 0.3) is 5.91 Å². The highest BCUT2D eigenvalue weighted by Crippen LogP contribution is 2.40. The molecule has 0 atom stereocenters. The monoisotopic (exact) mass is 370 g/mol. The van der Waals surface area contributed by atoms with E-state index in [0.717, 1.165) is 36.4 Å². The molecule has 7 heteroatoms. The number of aryl methyl sites for hydroxylation is 1. The van der Waals surface area contributed by atoms with Crippen LogP contribution in [0.4, 0.5) is 4.39 Å². The second-order valence-corrected chi connectivity index (χ2v) is 7.52. The topological polar surface area (TPSA) is 59.8 Å². The van der Waals surface area contributed by atoms with Gasteiger partial charge in [0.1, 0.15) is 10.8 Å². The van der Waals surface area contributed by atoms with Crippen molar-refractivity contribution in [3.05, 3.63) is 64.1 Å². The number of amides is 1. The largest absolute Gasteiger partial charge is 0.339 e. The first-order valence-electron chi connectivity index (χ1n) is 8.62. The molecular formula is C19H19FN4OS. The number of benzene rings is 1. The molecule has 1 aromatic carbocycles. The van der Waals surface area contributed by atoms with E-state index >= 15 is 0 Å². The van der Waals surface area contributed by atoms with Crippen LogP contribution in [0.15, 0.2) is 41.9 Å². The Morgan fingerprint density at radius 2 is 2.12 bits per heavy atom. The number of nitrogens with one attached hydrogen (secondary N) is 1. The maximum atomic E-state index is 13.4. The molecule has 26 heavy (non-hydrogen) atoms. The van der Waals surface area contributed by atoms with E-state index in [4.69, 9.17) is 0 Å². The van der Waals surface area contributed by atoms with Gasteiger partial charge in [0.2, 0.25) is 0 Å². The van der Waals surface area contributed by atoms with Gasteiger partial charge in [-0.3, -0.25) is 4.79 Å². The van der Waals surface area contributed by atoms with Crippen molar-refractivity contribution in [1.82, 2.24) is 20.1 Å². The third-order valence-corrected chi connectivity index (χ3v) is 5.90. The van der Waals surface area contributed by atoms with Gasteiger partial charge in [-0.25, -0.2) is 14.1 Å². The van der Waals surface area contributed by atoms with Crippen LogP contribution in [-0.2, 0) is 5.54 Å². The van der Waals surface area contributed by atoms with Gasteiger partial charge < -0.3 is 5.32 Å². The molecule has 2 aromatic heterocycles. The fourth-order valence-corrected chi connectivity index (χ4v) is 4.45. The van der Waals surface area contributed by atoms with Crippen molar-refractivity contribution in [2.75, 3.05) is 0 Å². The molecule has 0 unspecified atom stereocenters. The second kappa shape index (κ2) is 6.64. The Kier molecular flexibility index (Phi) is 4.32. The van der Waals surface area contributed by atoms with Crippen LogP contribution in [0.1, 0.15) is 46.9 Å². The second-order valence-electron chi connectivity index (χ2n) is 6.66. The van der Waals surface area contributed by atoms with E-state index in [-0.39, 0.29) is 11.7 Å². The molecule has 134 valence electrons. The first-order valence-corrected chi connectivity index (χ1v) is 9.50. The Balaban J connectivity index is 1.58. The molecule has 0 spiro atoms. The van der Waals surface area contributed by atoms with Crippen LogP contribution in [0.3, 0.4) is 0 Å². The number of hydrogen-bond acceptors (Lipinski definition) is 4. The molecule has 1 aliphatic rings. The van der Waals surface area contributed by atoms with Crippen molar-refractivity contribution in [3.8, 4) is 5.69 Å². The van der Waals surface area contributed by atoms with E-state index < -0.39 is 5.54 Å². The summed E-state index contributed by atoms with van der Waals surface area (Å²) in [5, 5.41) is 10.5. The van der Waals surface area contributed by atoms with Gasteiger partial charge >= 0.3 is 0 Å². The standard InChI is InChI=1S/C19H19FN4OS/c1-13-12-26-18(21-13)19(8-2-3-9-19)22-17(25)16-7-10-24(23-16)15-6-4-5-14(20)11-15/h4-7,10-12H,2-3,8-9H2,1H3,(H,22,25). The number of nitrogens with zero attached hydrogens (tertiary/aromatic N) is 3. The number of hydrogen-bond donors (Lipinski definition) is 1. The molecule has 0 saturated heterocycles. The lowest BCUT2D eigenvalue weighted by Crippen LogP contribution is -2.44. The summed E-state index contributed by atoms with van der Waals surface area (Å²) in [7, 11) is 0. The molecule has 0 bridgehead atoms. The van der Waals surface area contributed by atoms with Crippen molar-refractivity contribution in [2.24, 2.45) is 0 Å². The molecule has 4 rings (SSSR count). The molecular weight excluding hydrogens is 351 g/mol. The van der Waals surface area contributed by atoms with E-state index in [1.54, 1.807) is 35.7 Å². The molecule has 2 heterocycles. The molecule has 0 aliphatic heterocycles. The molecule has 3 aromatic rings. The van der Waals surface area contributed by atoms with E-state index in [9.17, 15) is 9.18 Å². The lowest BCUT2D eigenvalue weighted by Gasteiger charge is -2.27. The van der Waals surface area contributed by atoms with Crippen LogP contribution in [-0.4, -0.2) is 20.7 Å². The molecule has 1 saturated carbocycles. The van der Waals surface area contributed by atoms with E-state index in [1.165, 1.54) is 16.8 Å². The summed E-state index contributed by atoms with van der Waals surface area (Å²) < 4.78 is 14.9. The van der Waals surface area contributed by atoms with E-state index in [1.807, 2.05) is 12.3 Å². The highest BCUT2D eigenvalue weighted by atomic mass is 32.1. The van der Waals surface area contributed by atoms with Gasteiger partial charge in [-0.15, -0.1) is 11.3 Å². The van der Waals surface area contributed by atoms with Gasteiger partial charge in [-0.2, -0.15) is 5.10 Å². The number of rotatable bonds is 4. The minimum Gasteiger partial charge on any atom is -0.339 e. The van der Waals surface area contributed by atoms with Crippen LogP contribution in [0.5, 0.6) is 0 Å². The molecule has 5 nitrogen and oxygen atoms in total. The number of carbonyl (C=O) groups is 1. The van der Waals surface area contributed by atoms with Gasteiger partial charge in [0.15, 0.2) is 5.69 Å². The Labute approximate surface area is 154 Å². The smallest absolute Gasteiger partial charge is 0.272 e. The minimum atomic E-state index is -0.404. The van der Waals surface area contributed by atoms with Gasteiger partial charge in [0.05, 0.1) is 11.2 Å². The number of aromatic nitrogens is 3. The third-order valence-electron chi connectivity index (χ3n) is 4.73. The third kappa shape index (κ3) is 3.14. The maximum Gasteiger partial charge on any atom is 0.272 e. The van der Waals surface area contributed by atoms with Crippen LogP contribution >= 0.6 is 11.3 Å². The van der Waals surface area contributed by atoms with Crippen LogP contribution < -0.4 is 5.32 Å². The predicted molar refractivity (Wildman–Crippen MR) is 98.0 cm³/mol. The fraction of sp³-hybridized carbons (Fsp3) is 0.316. The minimum absolute atomic E-state index is 0.227. The average molecular weight is 370 g/mol. The van der Waals surface area contributed by atoms with E-state index in [0.29, 0.717) is 11.4 Å². The van der Waals surface area contributed by atoms with Crippen LogP contribution in [0.2, 0.25) is 0 Å². The van der Waals surface area contributed by atoms with Crippen molar-refractivity contribution < 1.29 is 9.18 Å². The first-order chi connectivity index (χ1) is 12.6. The summed E-state index contributed by atoms with van der Waals surface area (Å²) in [5.41, 5.74) is 1.46. The number of carbonyl (C=O) groups excluding carboxylic acids is 1. The Bertz CT molecular complexity index is 942. The Morgan fingerprint density at radius 1 is 1.31 bits per heavy atom. The normalized spacial score (nSPS) is 15.9. The zero-order valence-electron chi connectivity index (χ0n) is 14.4. The lowest BCUT2D eigenvalue weighted by atomic mass is 9.98. The Morgan fingerprint density at radius 3 is 2.81 bits per heavy atom. The SMILES string of the molecule is Cc1csc(C2(NC(=O)c3ccn(-c4cccc(F)c4)n3)CCCC2)n1. The first kappa shape index (κ1) is 16.9. The lowest BCUT2D eigenvalue weighted by molar-refractivity contribution is 0.0892. The predicted octanol–water partition coefficient (Wildman–Crippen LogP) is 3.98. The van der Waals surface area contributed by atoms with Crippen molar-refractivity contribution in [3.63, 3.8) is 0 Å². The molecule has 1 aliphatic carbocycles. The number of halogens is 1. The molecule has 1 fully saturated rings. The van der Waals surface area contributed by atoms with Crippen LogP contribution in [0, 0.1) is 12.7 Å². The van der Waals surface area contributed by atoms with Gasteiger partial charge in [-0.05, 0) is 44.0 Å².